The Balaban J connectivity index is 0. The van der Waals surface area contributed by atoms with Crippen LogP contribution >= 0.6 is 11.6 Å². The molecule has 0 saturated carbocycles. The minimum atomic E-state index is 0.175. The van der Waals surface area contributed by atoms with Crippen LogP contribution in [0.25, 0.3) is 0 Å². The largest absolute Gasteiger partial charge is 0.130 e. The van der Waals surface area contributed by atoms with Gasteiger partial charge in [-0.15, -0.1) is 24.8 Å². The summed E-state index contributed by atoms with van der Waals surface area (Å²) in [4.78, 5) is 0. The van der Waals surface area contributed by atoms with E-state index in [1.54, 1.807) is 0 Å². The highest BCUT2D eigenvalue weighted by Gasteiger charge is 1.75. The lowest BCUT2D eigenvalue weighted by atomic mass is 10.7. The van der Waals surface area contributed by atoms with E-state index in [0.717, 1.165) is 0 Å². The van der Waals surface area contributed by atoms with E-state index < -0.39 is 0 Å². The van der Waals surface area contributed by atoms with Crippen LogP contribution in [0.15, 0.2) is 25.3 Å². The molecule has 0 aliphatic carbocycles. The van der Waals surface area contributed by atoms with E-state index >= 15 is 0 Å². The summed E-state index contributed by atoms with van der Waals surface area (Å²) in [6.45, 7) is 7.27. The molecular formula is C7H15ClSi. The Labute approximate surface area is 65.4 Å². The lowest BCUT2D eigenvalue weighted by Gasteiger charge is -1.82. The maximum Gasteiger partial charge on any atom is 0.0280 e. The third kappa shape index (κ3) is 18.0. The third-order valence-corrected chi connectivity index (χ3v) is 2.45. The van der Waals surface area contributed by atoms with Crippen molar-refractivity contribution in [2.24, 2.45) is 0 Å². The molecule has 54 valence electrons. The molecule has 0 bridgehead atoms. The molecule has 0 aliphatic rings. The van der Waals surface area contributed by atoms with Gasteiger partial charge in [0.25, 0.3) is 0 Å². The molecule has 9 heavy (non-hydrogen) atoms. The van der Waals surface area contributed by atoms with Crippen LogP contribution in [-0.4, -0.2) is 15.9 Å². The second-order valence-electron chi connectivity index (χ2n) is 1.51. The first-order chi connectivity index (χ1) is 4.41. The zero-order chi connectivity index (χ0) is 7.54. The van der Waals surface area contributed by atoms with Crippen molar-refractivity contribution in [3.63, 3.8) is 0 Å². The predicted molar refractivity (Wildman–Crippen MR) is 50.3 cm³/mol. The van der Waals surface area contributed by atoms with Crippen LogP contribution in [0, 0.1) is 0 Å². The van der Waals surface area contributed by atoms with Gasteiger partial charge >= 0.3 is 0 Å². The Morgan fingerprint density at radius 2 is 1.56 bits per heavy atom. The maximum atomic E-state index is 4.64. The van der Waals surface area contributed by atoms with Gasteiger partial charge in [-0.2, -0.15) is 0 Å². The summed E-state index contributed by atoms with van der Waals surface area (Å²) in [7, 11) is 0.175. The summed E-state index contributed by atoms with van der Waals surface area (Å²) in [5, 5.41) is 0. The molecule has 0 aromatic heterocycles. The van der Waals surface area contributed by atoms with Crippen molar-refractivity contribution in [2.45, 2.75) is 12.1 Å². The summed E-state index contributed by atoms with van der Waals surface area (Å²) >= 11 is 4.64. The molecule has 0 aromatic carbocycles. The monoisotopic (exact) mass is 162 g/mol. The van der Waals surface area contributed by atoms with Gasteiger partial charge in [0.05, 0.1) is 0 Å². The standard InChI is InChI=1S/C6H12Si.CH3Cl/c1-3-5-7-6-4-2;1-2/h3-4H,1-2,5-7H2;1H3. The van der Waals surface area contributed by atoms with Crippen molar-refractivity contribution < 1.29 is 0 Å². The van der Waals surface area contributed by atoms with Crippen LogP contribution in [0.4, 0.5) is 0 Å². The third-order valence-electron chi connectivity index (χ3n) is 0.816. The average molecular weight is 163 g/mol. The predicted octanol–water partition coefficient (Wildman–Crippen LogP) is 2.22. The molecule has 0 nitrogen and oxygen atoms in total. The van der Waals surface area contributed by atoms with Crippen molar-refractivity contribution in [1.82, 2.24) is 0 Å². The fourth-order valence-electron chi connectivity index (χ4n) is 0.407. The van der Waals surface area contributed by atoms with Gasteiger partial charge in [-0.25, -0.2) is 0 Å². The van der Waals surface area contributed by atoms with Crippen LogP contribution in [0.1, 0.15) is 0 Å². The Morgan fingerprint density at radius 1 is 1.22 bits per heavy atom. The SMILES string of the molecule is C=CC[SiH2]CC=C.CCl. The van der Waals surface area contributed by atoms with Gasteiger partial charge in [0.15, 0.2) is 0 Å². The molecule has 0 fully saturated rings. The number of halogens is 1. The zero-order valence-electron chi connectivity index (χ0n) is 6.07. The quantitative estimate of drug-likeness (QED) is 0.258. The van der Waals surface area contributed by atoms with E-state index in [-0.39, 0.29) is 9.52 Å². The van der Waals surface area contributed by atoms with E-state index in [9.17, 15) is 0 Å². The molecule has 0 unspecified atom stereocenters. The summed E-state index contributed by atoms with van der Waals surface area (Å²) in [6, 6.07) is 2.51. The van der Waals surface area contributed by atoms with Crippen LogP contribution in [0.5, 0.6) is 0 Å². The van der Waals surface area contributed by atoms with Gasteiger partial charge in [0.1, 0.15) is 0 Å². The van der Waals surface area contributed by atoms with E-state index in [1.165, 1.54) is 18.5 Å². The van der Waals surface area contributed by atoms with Crippen LogP contribution in [0.2, 0.25) is 12.1 Å². The molecule has 2 heteroatoms. The Kier molecular flexibility index (Phi) is 20.5. The molecule has 0 heterocycles. The first kappa shape index (κ1) is 11.7. The van der Waals surface area contributed by atoms with Gasteiger partial charge in [0.2, 0.25) is 0 Å². The van der Waals surface area contributed by atoms with Crippen molar-refractivity contribution in [3.8, 4) is 0 Å². The molecule has 0 spiro atoms. The van der Waals surface area contributed by atoms with Crippen LogP contribution < -0.4 is 0 Å². The number of rotatable bonds is 4. The fourth-order valence-corrected chi connectivity index (χ4v) is 1.22. The Hall–Kier alpha value is -0.0131. The number of hydrogen-bond donors (Lipinski definition) is 0. The van der Waals surface area contributed by atoms with E-state index in [4.69, 9.17) is 0 Å². The van der Waals surface area contributed by atoms with Crippen LogP contribution in [-0.2, 0) is 0 Å². The number of allylic oxidation sites excluding steroid dienone is 2. The van der Waals surface area contributed by atoms with Gasteiger partial charge in [-0.3, -0.25) is 0 Å². The topological polar surface area (TPSA) is 0 Å². The fraction of sp³-hybridized carbons (Fsp3) is 0.429. The summed E-state index contributed by atoms with van der Waals surface area (Å²) in [5.41, 5.74) is 0. The second-order valence-corrected chi connectivity index (χ2v) is 3.37. The highest BCUT2D eigenvalue weighted by Crippen LogP contribution is 1.84. The molecule has 0 aromatic rings. The molecule has 0 aliphatic heterocycles. The van der Waals surface area contributed by atoms with Gasteiger partial charge < -0.3 is 0 Å². The molecule has 0 atom stereocenters. The molecule has 0 N–H and O–H groups in total. The zero-order valence-corrected chi connectivity index (χ0v) is 8.24. The van der Waals surface area contributed by atoms with Gasteiger partial charge in [0, 0.05) is 15.9 Å². The number of alkyl halides is 1. The van der Waals surface area contributed by atoms with E-state index in [1.807, 2.05) is 12.2 Å². The molecule has 0 rings (SSSR count). The smallest absolute Gasteiger partial charge is 0.0280 e. The van der Waals surface area contributed by atoms with Crippen molar-refractivity contribution >= 4 is 21.1 Å². The normalized spacial score (nSPS) is 6.89. The summed E-state index contributed by atoms with van der Waals surface area (Å²) in [6.07, 6.45) is 5.46. The van der Waals surface area contributed by atoms with Gasteiger partial charge in [-0.1, -0.05) is 12.2 Å². The lowest BCUT2D eigenvalue weighted by molar-refractivity contribution is 1.60. The molecule has 0 radical (unpaired) electrons. The van der Waals surface area contributed by atoms with E-state index in [2.05, 4.69) is 24.8 Å². The Bertz CT molecular complexity index is 53.9. The molecule has 0 saturated heterocycles. The molecule has 0 amide bonds. The average Bonchev–Trinajstić information content (AvgIpc) is 1.94. The van der Waals surface area contributed by atoms with Crippen molar-refractivity contribution in [2.75, 3.05) is 6.38 Å². The highest BCUT2D eigenvalue weighted by atomic mass is 35.5. The maximum absolute atomic E-state index is 4.64. The first-order valence-electron chi connectivity index (χ1n) is 3.01. The van der Waals surface area contributed by atoms with E-state index in [0.29, 0.717) is 0 Å². The molecular weight excluding hydrogens is 148 g/mol. The Morgan fingerprint density at radius 3 is 1.78 bits per heavy atom. The number of hydrogen-bond acceptors (Lipinski definition) is 0. The van der Waals surface area contributed by atoms with Crippen molar-refractivity contribution in [3.05, 3.63) is 25.3 Å². The lowest BCUT2D eigenvalue weighted by Crippen LogP contribution is -1.79. The minimum Gasteiger partial charge on any atom is -0.130 e. The van der Waals surface area contributed by atoms with Crippen molar-refractivity contribution in [1.29, 1.82) is 0 Å². The van der Waals surface area contributed by atoms with Gasteiger partial charge in [-0.05, 0) is 12.1 Å². The summed E-state index contributed by atoms with van der Waals surface area (Å²) in [5.74, 6) is 0. The highest BCUT2D eigenvalue weighted by molar-refractivity contribution is 6.36. The van der Waals surface area contributed by atoms with Crippen LogP contribution in [0.3, 0.4) is 0 Å². The minimum absolute atomic E-state index is 0.175. The summed E-state index contributed by atoms with van der Waals surface area (Å²) < 4.78 is 0. The first-order valence-corrected chi connectivity index (χ1v) is 5.77. The second kappa shape index (κ2) is 15.7.